The molecule has 0 saturated carbocycles. The van der Waals surface area contributed by atoms with Crippen molar-refractivity contribution in [3.8, 4) is 0 Å². The van der Waals surface area contributed by atoms with Crippen molar-refractivity contribution < 1.29 is 9.21 Å². The summed E-state index contributed by atoms with van der Waals surface area (Å²) >= 11 is 0. The van der Waals surface area contributed by atoms with Crippen molar-refractivity contribution in [2.75, 3.05) is 6.54 Å². The van der Waals surface area contributed by atoms with Crippen molar-refractivity contribution in [3.05, 3.63) is 78.5 Å². The van der Waals surface area contributed by atoms with Gasteiger partial charge in [-0.05, 0) is 23.8 Å². The minimum absolute atomic E-state index is 0.178. The van der Waals surface area contributed by atoms with E-state index in [1.54, 1.807) is 17.1 Å². The molecule has 0 aliphatic carbocycles. The average molecular weight is 310 g/mol. The third-order valence-corrected chi connectivity index (χ3v) is 3.47. The molecule has 0 aliphatic rings. The molecule has 23 heavy (non-hydrogen) atoms. The van der Waals surface area contributed by atoms with E-state index < -0.39 is 0 Å². The first-order chi connectivity index (χ1) is 11.3. The summed E-state index contributed by atoms with van der Waals surface area (Å²) in [6, 6.07) is 14.9. The number of hydrogen-bond acceptors (Lipinski definition) is 3. The van der Waals surface area contributed by atoms with Crippen LogP contribution in [0.25, 0.3) is 0 Å². The van der Waals surface area contributed by atoms with E-state index in [1.165, 1.54) is 0 Å². The number of furan rings is 1. The van der Waals surface area contributed by atoms with Gasteiger partial charge in [0, 0.05) is 25.5 Å². The Balaban J connectivity index is 1.55. The molecule has 0 aliphatic heterocycles. The second-order valence-electron chi connectivity index (χ2n) is 5.07. The first-order valence-electron chi connectivity index (χ1n) is 7.41. The topological polar surface area (TPSA) is 72.1 Å². The number of benzene rings is 1. The number of aromatic nitrogens is 2. The third-order valence-electron chi connectivity index (χ3n) is 3.47. The molecule has 1 unspecified atom stereocenters. The molecule has 0 bridgehead atoms. The summed E-state index contributed by atoms with van der Waals surface area (Å²) in [6.45, 7) is 0.871. The van der Waals surface area contributed by atoms with Crippen LogP contribution in [0.4, 0.5) is 4.79 Å². The van der Waals surface area contributed by atoms with Crippen molar-refractivity contribution in [1.29, 1.82) is 0 Å². The molecule has 2 amide bonds. The van der Waals surface area contributed by atoms with E-state index in [0.29, 0.717) is 13.1 Å². The summed E-state index contributed by atoms with van der Waals surface area (Å²) in [5.41, 5.74) is 1.05. The molecule has 6 heteroatoms. The largest absolute Gasteiger partial charge is 0.467 e. The molecular formula is C17H18N4O2. The van der Waals surface area contributed by atoms with Crippen LogP contribution in [0.3, 0.4) is 0 Å². The molecule has 0 spiro atoms. The highest BCUT2D eigenvalue weighted by atomic mass is 16.3. The van der Waals surface area contributed by atoms with E-state index in [4.69, 9.17) is 4.42 Å². The number of nitrogens with one attached hydrogen (secondary N) is 2. The minimum Gasteiger partial charge on any atom is -0.467 e. The van der Waals surface area contributed by atoms with Gasteiger partial charge in [0.25, 0.3) is 0 Å². The maximum atomic E-state index is 12.0. The molecule has 6 nitrogen and oxygen atoms in total. The van der Waals surface area contributed by atoms with Gasteiger partial charge in [-0.15, -0.1) is 0 Å². The van der Waals surface area contributed by atoms with Gasteiger partial charge < -0.3 is 15.1 Å². The van der Waals surface area contributed by atoms with E-state index in [2.05, 4.69) is 15.7 Å². The van der Waals surface area contributed by atoms with Gasteiger partial charge in [-0.2, -0.15) is 5.10 Å². The van der Waals surface area contributed by atoms with Crippen LogP contribution < -0.4 is 10.6 Å². The maximum Gasteiger partial charge on any atom is 0.315 e. The standard InChI is InChI=1S/C17H18N4O2/c22-17(18-12-14-6-2-1-3-7-14)19-13-15(16-8-4-11-23-16)21-10-5-9-20-21/h1-11,15H,12-13H2,(H2,18,19,22). The molecule has 0 fully saturated rings. The van der Waals surface area contributed by atoms with Crippen molar-refractivity contribution >= 4 is 6.03 Å². The fraction of sp³-hybridized carbons (Fsp3) is 0.176. The lowest BCUT2D eigenvalue weighted by Crippen LogP contribution is -2.38. The Kier molecular flexibility index (Phi) is 4.73. The molecule has 1 atom stereocenters. The Labute approximate surface area is 134 Å². The Hall–Kier alpha value is -3.02. The SMILES string of the molecule is O=C(NCc1ccccc1)NCC(c1ccco1)n1cccn1. The normalized spacial score (nSPS) is 11.8. The number of hydrogen-bond donors (Lipinski definition) is 2. The monoisotopic (exact) mass is 310 g/mol. The number of carbonyl (C=O) groups is 1. The minimum atomic E-state index is -0.224. The van der Waals surface area contributed by atoms with Crippen LogP contribution in [0.15, 0.2) is 71.6 Å². The average Bonchev–Trinajstić information content (AvgIpc) is 3.28. The van der Waals surface area contributed by atoms with Crippen LogP contribution in [-0.4, -0.2) is 22.4 Å². The zero-order valence-corrected chi connectivity index (χ0v) is 12.6. The molecule has 2 N–H and O–H groups in total. The second-order valence-corrected chi connectivity index (χ2v) is 5.07. The van der Waals surface area contributed by atoms with Crippen molar-refractivity contribution in [1.82, 2.24) is 20.4 Å². The molecule has 0 radical (unpaired) electrons. The molecule has 118 valence electrons. The molecular weight excluding hydrogens is 292 g/mol. The summed E-state index contributed by atoms with van der Waals surface area (Å²) in [7, 11) is 0. The van der Waals surface area contributed by atoms with Crippen molar-refractivity contribution in [2.24, 2.45) is 0 Å². The van der Waals surface area contributed by atoms with E-state index in [0.717, 1.165) is 11.3 Å². The highest BCUT2D eigenvalue weighted by Crippen LogP contribution is 2.16. The zero-order valence-electron chi connectivity index (χ0n) is 12.6. The molecule has 3 aromatic rings. The predicted molar refractivity (Wildman–Crippen MR) is 85.8 cm³/mol. The number of nitrogens with zero attached hydrogens (tertiary/aromatic N) is 2. The van der Waals surface area contributed by atoms with E-state index in [1.807, 2.05) is 54.7 Å². The van der Waals surface area contributed by atoms with Crippen LogP contribution in [0.5, 0.6) is 0 Å². The maximum absolute atomic E-state index is 12.0. The zero-order chi connectivity index (χ0) is 15.9. The van der Waals surface area contributed by atoms with Crippen LogP contribution in [0.2, 0.25) is 0 Å². The Morgan fingerprint density at radius 1 is 1.13 bits per heavy atom. The van der Waals surface area contributed by atoms with Gasteiger partial charge in [0.15, 0.2) is 0 Å². The summed E-state index contributed by atoms with van der Waals surface area (Å²) in [5.74, 6) is 0.747. The van der Waals surface area contributed by atoms with Crippen molar-refractivity contribution in [3.63, 3.8) is 0 Å². The lowest BCUT2D eigenvalue weighted by molar-refractivity contribution is 0.238. The summed E-state index contributed by atoms with van der Waals surface area (Å²) in [5, 5.41) is 9.92. The number of urea groups is 1. The quantitative estimate of drug-likeness (QED) is 0.735. The lowest BCUT2D eigenvalue weighted by Gasteiger charge is -2.16. The van der Waals surface area contributed by atoms with Gasteiger partial charge >= 0.3 is 6.03 Å². The highest BCUT2D eigenvalue weighted by molar-refractivity contribution is 5.73. The third kappa shape index (κ3) is 4.00. The number of rotatable bonds is 6. The molecule has 3 rings (SSSR count). The van der Waals surface area contributed by atoms with Gasteiger partial charge in [0.2, 0.25) is 0 Å². The Bertz CT molecular complexity index is 674. The smallest absolute Gasteiger partial charge is 0.315 e. The van der Waals surface area contributed by atoms with Crippen LogP contribution in [-0.2, 0) is 6.54 Å². The fourth-order valence-electron chi connectivity index (χ4n) is 2.30. The molecule has 1 aromatic carbocycles. The fourth-order valence-corrected chi connectivity index (χ4v) is 2.30. The predicted octanol–water partition coefficient (Wildman–Crippen LogP) is 2.56. The number of amides is 2. The molecule has 0 saturated heterocycles. The highest BCUT2D eigenvalue weighted by Gasteiger charge is 2.17. The lowest BCUT2D eigenvalue weighted by atomic mass is 10.2. The van der Waals surface area contributed by atoms with Crippen molar-refractivity contribution in [2.45, 2.75) is 12.6 Å². The second kappa shape index (κ2) is 7.31. The van der Waals surface area contributed by atoms with Gasteiger partial charge in [-0.3, -0.25) is 4.68 Å². The first kappa shape index (κ1) is 14.9. The van der Waals surface area contributed by atoms with Gasteiger partial charge in [0.1, 0.15) is 11.8 Å². The van der Waals surface area contributed by atoms with Gasteiger partial charge in [-0.1, -0.05) is 30.3 Å². The van der Waals surface area contributed by atoms with E-state index in [-0.39, 0.29) is 12.1 Å². The van der Waals surface area contributed by atoms with E-state index >= 15 is 0 Å². The summed E-state index contributed by atoms with van der Waals surface area (Å²) in [6.07, 6.45) is 5.16. The Morgan fingerprint density at radius 3 is 2.70 bits per heavy atom. The molecule has 2 aromatic heterocycles. The summed E-state index contributed by atoms with van der Waals surface area (Å²) < 4.78 is 7.21. The van der Waals surface area contributed by atoms with E-state index in [9.17, 15) is 4.79 Å². The summed E-state index contributed by atoms with van der Waals surface area (Å²) in [4.78, 5) is 12.0. The van der Waals surface area contributed by atoms with Gasteiger partial charge in [0.05, 0.1) is 6.26 Å². The van der Waals surface area contributed by atoms with Crippen LogP contribution in [0.1, 0.15) is 17.4 Å². The number of carbonyl (C=O) groups excluding carboxylic acids is 1. The Morgan fingerprint density at radius 2 is 2.00 bits per heavy atom. The van der Waals surface area contributed by atoms with Gasteiger partial charge in [-0.25, -0.2) is 4.79 Å². The molecule has 2 heterocycles. The van der Waals surface area contributed by atoms with Crippen LogP contribution >= 0.6 is 0 Å². The van der Waals surface area contributed by atoms with Crippen LogP contribution in [0, 0.1) is 0 Å². The first-order valence-corrected chi connectivity index (χ1v) is 7.41.